The lowest BCUT2D eigenvalue weighted by Gasteiger charge is -2.31. The molecule has 1 saturated heterocycles. The van der Waals surface area contributed by atoms with Crippen molar-refractivity contribution in [3.05, 3.63) is 45.3 Å². The predicted octanol–water partition coefficient (Wildman–Crippen LogP) is 4.68. The number of benzene rings is 1. The van der Waals surface area contributed by atoms with Crippen LogP contribution in [0.3, 0.4) is 0 Å². The third kappa shape index (κ3) is 5.99. The van der Waals surface area contributed by atoms with E-state index in [9.17, 15) is 18.0 Å². The Morgan fingerprint density at radius 3 is 2.51 bits per heavy atom. The van der Waals surface area contributed by atoms with Gasteiger partial charge >= 0.3 is 12.0 Å². The van der Waals surface area contributed by atoms with Crippen LogP contribution in [-0.2, 0) is 27.6 Å². The van der Waals surface area contributed by atoms with E-state index in [0.29, 0.717) is 48.1 Å². The molecule has 0 radical (unpaired) electrons. The number of carbonyl (C=O) groups is 2. The summed E-state index contributed by atoms with van der Waals surface area (Å²) in [6.07, 6.45) is 5.12. The first-order valence-corrected chi connectivity index (χ1v) is 14.5. The highest BCUT2D eigenvalue weighted by Crippen LogP contribution is 2.38. The van der Waals surface area contributed by atoms with Crippen molar-refractivity contribution in [3.63, 3.8) is 0 Å². The first-order valence-electron chi connectivity index (χ1n) is 11.9. The number of hydrogen-bond donors (Lipinski definition) is 2. The second-order valence-corrected chi connectivity index (χ2v) is 12.3. The number of nitrogens with one attached hydrogen (secondary N) is 2. The highest BCUT2D eigenvalue weighted by atomic mass is 35.5. The summed E-state index contributed by atoms with van der Waals surface area (Å²) in [5.74, 6) is -0.227. The Kier molecular flexibility index (Phi) is 8.36. The van der Waals surface area contributed by atoms with Crippen LogP contribution in [0.5, 0.6) is 0 Å². The topological polar surface area (TPSA) is 105 Å². The number of fused-ring (bicyclic) bond motifs is 1. The van der Waals surface area contributed by atoms with Gasteiger partial charge < -0.3 is 10.1 Å². The van der Waals surface area contributed by atoms with Crippen molar-refractivity contribution < 1.29 is 22.7 Å². The summed E-state index contributed by atoms with van der Waals surface area (Å²) in [7, 11) is -3.56. The molecule has 1 aromatic heterocycles. The van der Waals surface area contributed by atoms with Crippen LogP contribution in [0.15, 0.2) is 29.2 Å². The molecule has 190 valence electrons. The van der Waals surface area contributed by atoms with Gasteiger partial charge in [0, 0.05) is 29.5 Å². The number of thiophene rings is 1. The Labute approximate surface area is 215 Å². The van der Waals surface area contributed by atoms with Gasteiger partial charge in [0.1, 0.15) is 5.00 Å². The molecule has 2 aromatic rings. The fraction of sp³-hybridized carbons (Fsp3) is 0.500. The number of nitrogens with zero attached hydrogens (tertiary/aromatic N) is 1. The maximum atomic E-state index is 12.9. The van der Waals surface area contributed by atoms with Crippen LogP contribution in [0, 0.1) is 5.92 Å². The number of amides is 2. The van der Waals surface area contributed by atoms with Gasteiger partial charge in [-0.1, -0.05) is 11.6 Å². The molecule has 0 saturated carbocycles. The molecule has 1 fully saturated rings. The number of hydrogen-bond acceptors (Lipinski definition) is 6. The van der Waals surface area contributed by atoms with Crippen molar-refractivity contribution in [2.45, 2.75) is 50.3 Å². The maximum Gasteiger partial charge on any atom is 0.341 e. The van der Waals surface area contributed by atoms with Crippen LogP contribution in [0.25, 0.3) is 0 Å². The first kappa shape index (κ1) is 25.9. The van der Waals surface area contributed by atoms with E-state index >= 15 is 0 Å². The molecule has 2 amide bonds. The van der Waals surface area contributed by atoms with Gasteiger partial charge in [0.15, 0.2) is 0 Å². The smallest absolute Gasteiger partial charge is 0.341 e. The lowest BCUT2D eigenvalue weighted by molar-refractivity contribution is 0.0526. The van der Waals surface area contributed by atoms with E-state index in [2.05, 4.69) is 10.6 Å². The monoisotopic (exact) mass is 539 g/mol. The van der Waals surface area contributed by atoms with Gasteiger partial charge in [-0.15, -0.1) is 11.3 Å². The lowest BCUT2D eigenvalue weighted by atomic mass is 9.95. The average Bonchev–Trinajstić information content (AvgIpc) is 3.21. The number of rotatable bonds is 7. The lowest BCUT2D eigenvalue weighted by Crippen LogP contribution is -2.42. The Balaban J connectivity index is 1.31. The minimum atomic E-state index is -3.56. The van der Waals surface area contributed by atoms with Gasteiger partial charge in [-0.3, -0.25) is 5.32 Å². The fourth-order valence-corrected chi connectivity index (χ4v) is 7.44. The van der Waals surface area contributed by atoms with Crippen LogP contribution >= 0.6 is 22.9 Å². The first-order chi connectivity index (χ1) is 16.8. The van der Waals surface area contributed by atoms with Crippen molar-refractivity contribution in [3.8, 4) is 0 Å². The normalized spacial score (nSPS) is 17.0. The number of esters is 1. The zero-order valence-corrected chi connectivity index (χ0v) is 22.0. The van der Waals surface area contributed by atoms with E-state index in [1.807, 2.05) is 0 Å². The molecule has 35 heavy (non-hydrogen) atoms. The number of sulfonamides is 1. The summed E-state index contributed by atoms with van der Waals surface area (Å²) < 4.78 is 32.4. The molecule has 0 bridgehead atoms. The third-order valence-corrected chi connectivity index (χ3v) is 9.83. The Hall–Kier alpha value is -2.14. The number of piperidine rings is 1. The number of ether oxygens (including phenoxy) is 1. The van der Waals surface area contributed by atoms with Crippen molar-refractivity contribution >= 4 is 50.0 Å². The van der Waals surface area contributed by atoms with Crippen molar-refractivity contribution in [1.29, 1.82) is 0 Å². The number of aryl methyl sites for hydroxylation is 1. The molecule has 0 atom stereocenters. The van der Waals surface area contributed by atoms with E-state index in [0.717, 1.165) is 36.1 Å². The van der Waals surface area contributed by atoms with Crippen LogP contribution < -0.4 is 10.6 Å². The Morgan fingerprint density at radius 1 is 1.14 bits per heavy atom. The third-order valence-electron chi connectivity index (χ3n) is 6.45. The molecule has 1 aliphatic heterocycles. The molecule has 2 aliphatic rings. The number of halogens is 1. The van der Waals surface area contributed by atoms with E-state index in [1.54, 1.807) is 19.1 Å². The summed E-state index contributed by atoms with van der Waals surface area (Å²) >= 11 is 7.33. The minimum absolute atomic E-state index is 0.165. The summed E-state index contributed by atoms with van der Waals surface area (Å²) in [6.45, 7) is 3.26. The summed E-state index contributed by atoms with van der Waals surface area (Å²) in [4.78, 5) is 26.6. The van der Waals surface area contributed by atoms with E-state index in [1.165, 1.54) is 27.8 Å². The number of urea groups is 1. The number of anilines is 1. The molecule has 2 N–H and O–H groups in total. The largest absolute Gasteiger partial charge is 0.462 e. The second-order valence-electron chi connectivity index (χ2n) is 8.77. The van der Waals surface area contributed by atoms with Gasteiger partial charge in [-0.05, 0) is 81.2 Å². The van der Waals surface area contributed by atoms with Crippen molar-refractivity contribution in [2.75, 3.05) is 31.6 Å². The molecular formula is C24H30ClN3O5S2. The molecule has 0 unspecified atom stereocenters. The molecule has 4 rings (SSSR count). The van der Waals surface area contributed by atoms with Crippen molar-refractivity contribution in [1.82, 2.24) is 9.62 Å². The van der Waals surface area contributed by atoms with Gasteiger partial charge in [0.25, 0.3) is 0 Å². The Morgan fingerprint density at radius 2 is 1.83 bits per heavy atom. The zero-order chi connectivity index (χ0) is 25.0. The van der Waals surface area contributed by atoms with Gasteiger partial charge in [0.2, 0.25) is 10.0 Å². The van der Waals surface area contributed by atoms with Gasteiger partial charge in [-0.2, -0.15) is 4.31 Å². The van der Waals surface area contributed by atoms with Crippen LogP contribution in [-0.4, -0.2) is 51.0 Å². The average molecular weight is 540 g/mol. The second kappa shape index (κ2) is 11.3. The molecule has 1 aromatic carbocycles. The number of carbonyl (C=O) groups excluding carboxylic acids is 2. The van der Waals surface area contributed by atoms with E-state index in [4.69, 9.17) is 16.3 Å². The van der Waals surface area contributed by atoms with E-state index in [-0.39, 0.29) is 23.5 Å². The van der Waals surface area contributed by atoms with Gasteiger partial charge in [0.05, 0.1) is 17.1 Å². The zero-order valence-electron chi connectivity index (χ0n) is 19.6. The van der Waals surface area contributed by atoms with Crippen molar-refractivity contribution in [2.24, 2.45) is 5.92 Å². The molecule has 0 spiro atoms. The predicted molar refractivity (Wildman–Crippen MR) is 137 cm³/mol. The summed E-state index contributed by atoms with van der Waals surface area (Å²) in [5, 5.41) is 6.78. The van der Waals surface area contributed by atoms with Gasteiger partial charge in [-0.25, -0.2) is 18.0 Å². The van der Waals surface area contributed by atoms with Crippen LogP contribution in [0.1, 0.15) is 53.4 Å². The molecular weight excluding hydrogens is 510 g/mol. The standard InChI is InChI=1S/C24H30ClN3O5S2/c1-2-33-23(29)21-19-5-3-4-6-20(19)34-22(21)27-24(30)26-15-16-11-13-28(14-12-16)35(31,32)18-9-7-17(25)8-10-18/h7-10,16H,2-6,11-15H2,1H3,(H2,26,27,30). The maximum absolute atomic E-state index is 12.9. The Bertz CT molecular complexity index is 1170. The molecule has 8 nitrogen and oxygen atoms in total. The minimum Gasteiger partial charge on any atom is -0.462 e. The molecule has 2 heterocycles. The quantitative estimate of drug-likeness (QED) is 0.497. The van der Waals surface area contributed by atoms with Crippen LogP contribution in [0.4, 0.5) is 9.80 Å². The summed E-state index contributed by atoms with van der Waals surface area (Å²) in [6, 6.07) is 5.80. The van der Waals surface area contributed by atoms with E-state index < -0.39 is 16.0 Å². The highest BCUT2D eigenvalue weighted by Gasteiger charge is 2.30. The fourth-order valence-electron chi connectivity index (χ4n) is 4.57. The molecule has 11 heteroatoms. The summed E-state index contributed by atoms with van der Waals surface area (Å²) in [5.41, 5.74) is 1.49. The highest BCUT2D eigenvalue weighted by molar-refractivity contribution is 7.89. The SMILES string of the molecule is CCOC(=O)c1c(NC(=O)NCC2CCN(S(=O)(=O)c3ccc(Cl)cc3)CC2)sc2c1CCCC2. The van der Waals surface area contributed by atoms with Crippen LogP contribution in [0.2, 0.25) is 5.02 Å². The molecule has 1 aliphatic carbocycles.